The number of nitrogens with two attached hydrogens (primary N) is 1. The Hall–Kier alpha value is -1.36. The summed E-state index contributed by atoms with van der Waals surface area (Å²) in [4.78, 5) is 17.9. The molecule has 5 nitrogen and oxygen atoms in total. The number of amides is 1. The Kier molecular flexibility index (Phi) is 2.73. The summed E-state index contributed by atoms with van der Waals surface area (Å²) in [5.41, 5.74) is 5.59. The molecule has 1 aliphatic heterocycles. The van der Waals surface area contributed by atoms with Gasteiger partial charge in [-0.15, -0.1) is 0 Å². The van der Waals surface area contributed by atoms with Crippen LogP contribution in [0, 0.1) is 5.92 Å². The topological polar surface area (TPSA) is 64.2 Å². The van der Waals surface area contributed by atoms with Gasteiger partial charge in [-0.1, -0.05) is 0 Å². The number of hydrogen-bond donors (Lipinski definition) is 1. The highest BCUT2D eigenvalue weighted by molar-refractivity contribution is 5.91. The average molecular weight is 208 g/mol. The zero-order valence-corrected chi connectivity index (χ0v) is 8.89. The van der Waals surface area contributed by atoms with Gasteiger partial charge in [0.1, 0.15) is 0 Å². The van der Waals surface area contributed by atoms with E-state index in [2.05, 4.69) is 4.98 Å². The molecule has 2 rings (SSSR count). The first-order valence-corrected chi connectivity index (χ1v) is 5.19. The molecule has 1 amide bonds. The van der Waals surface area contributed by atoms with Gasteiger partial charge in [-0.05, 0) is 18.9 Å². The minimum absolute atomic E-state index is 0.0125. The van der Waals surface area contributed by atoms with E-state index in [-0.39, 0.29) is 5.91 Å². The quantitative estimate of drug-likeness (QED) is 0.734. The van der Waals surface area contributed by atoms with Gasteiger partial charge >= 0.3 is 0 Å². The summed E-state index contributed by atoms with van der Waals surface area (Å²) in [7, 11) is 1.83. The Labute approximate surface area is 88.9 Å². The Balaban J connectivity index is 2.07. The van der Waals surface area contributed by atoms with Crippen molar-refractivity contribution < 1.29 is 4.79 Å². The van der Waals surface area contributed by atoms with Crippen LogP contribution in [0.5, 0.6) is 0 Å². The lowest BCUT2D eigenvalue weighted by Crippen LogP contribution is -2.31. The molecule has 1 aliphatic rings. The van der Waals surface area contributed by atoms with Gasteiger partial charge in [0.05, 0.1) is 0 Å². The lowest BCUT2D eigenvalue weighted by Gasteiger charge is -2.15. The number of likely N-dealkylation sites (tertiary alicyclic amines) is 1. The zero-order valence-electron chi connectivity index (χ0n) is 8.89. The smallest absolute Gasteiger partial charge is 0.289 e. The van der Waals surface area contributed by atoms with E-state index < -0.39 is 0 Å². The SMILES string of the molecule is Cn1ccnc1C(=O)N1CCC(CN)C1. The molecule has 15 heavy (non-hydrogen) atoms. The number of hydrogen-bond acceptors (Lipinski definition) is 3. The molecule has 5 heteroatoms. The van der Waals surface area contributed by atoms with E-state index in [1.54, 1.807) is 17.0 Å². The van der Waals surface area contributed by atoms with E-state index in [4.69, 9.17) is 5.73 Å². The van der Waals surface area contributed by atoms with Crippen molar-refractivity contribution in [1.29, 1.82) is 0 Å². The van der Waals surface area contributed by atoms with Gasteiger partial charge in [-0.3, -0.25) is 4.79 Å². The highest BCUT2D eigenvalue weighted by Gasteiger charge is 2.27. The predicted molar refractivity (Wildman–Crippen MR) is 56.3 cm³/mol. The average Bonchev–Trinajstić information content (AvgIpc) is 2.84. The normalized spacial score (nSPS) is 20.9. The fourth-order valence-corrected chi connectivity index (χ4v) is 1.92. The zero-order chi connectivity index (χ0) is 10.8. The molecule has 2 N–H and O–H groups in total. The van der Waals surface area contributed by atoms with Crippen molar-refractivity contribution in [1.82, 2.24) is 14.5 Å². The molecule has 1 unspecified atom stereocenters. The van der Waals surface area contributed by atoms with E-state index in [9.17, 15) is 4.79 Å². The third-order valence-corrected chi connectivity index (χ3v) is 2.92. The van der Waals surface area contributed by atoms with Gasteiger partial charge < -0.3 is 15.2 Å². The first-order chi connectivity index (χ1) is 7.22. The maximum Gasteiger partial charge on any atom is 0.289 e. The van der Waals surface area contributed by atoms with E-state index in [1.165, 1.54) is 0 Å². The van der Waals surface area contributed by atoms with E-state index in [0.29, 0.717) is 18.3 Å². The second-order valence-corrected chi connectivity index (χ2v) is 4.00. The van der Waals surface area contributed by atoms with Gasteiger partial charge in [0.15, 0.2) is 5.82 Å². The molecule has 0 aromatic carbocycles. The molecule has 1 aromatic rings. The Morgan fingerprint density at radius 3 is 3.07 bits per heavy atom. The minimum Gasteiger partial charge on any atom is -0.336 e. The third-order valence-electron chi connectivity index (χ3n) is 2.92. The summed E-state index contributed by atoms with van der Waals surface area (Å²) < 4.78 is 1.75. The van der Waals surface area contributed by atoms with E-state index >= 15 is 0 Å². The Morgan fingerprint density at radius 1 is 1.73 bits per heavy atom. The van der Waals surface area contributed by atoms with Crippen LogP contribution in [0.25, 0.3) is 0 Å². The van der Waals surface area contributed by atoms with Crippen LogP contribution < -0.4 is 5.73 Å². The second-order valence-electron chi connectivity index (χ2n) is 4.00. The van der Waals surface area contributed by atoms with Crippen LogP contribution in [0.4, 0.5) is 0 Å². The molecular weight excluding hydrogens is 192 g/mol. The largest absolute Gasteiger partial charge is 0.336 e. The summed E-state index contributed by atoms with van der Waals surface area (Å²) in [5, 5.41) is 0. The lowest BCUT2D eigenvalue weighted by atomic mass is 10.1. The lowest BCUT2D eigenvalue weighted by molar-refractivity contribution is 0.0772. The van der Waals surface area contributed by atoms with Gasteiger partial charge in [-0.2, -0.15) is 0 Å². The fourth-order valence-electron chi connectivity index (χ4n) is 1.92. The molecule has 0 spiro atoms. The van der Waals surface area contributed by atoms with Gasteiger partial charge in [0.25, 0.3) is 5.91 Å². The van der Waals surface area contributed by atoms with Crippen molar-refractivity contribution in [3.8, 4) is 0 Å². The van der Waals surface area contributed by atoms with Crippen molar-refractivity contribution in [2.45, 2.75) is 6.42 Å². The summed E-state index contributed by atoms with van der Waals surface area (Å²) in [6.07, 6.45) is 4.43. The van der Waals surface area contributed by atoms with Crippen LogP contribution in [0.15, 0.2) is 12.4 Å². The number of carbonyl (C=O) groups is 1. The molecule has 1 fully saturated rings. The number of aryl methyl sites for hydroxylation is 1. The summed E-state index contributed by atoms with van der Waals surface area (Å²) in [5.74, 6) is 0.973. The number of imidazole rings is 1. The van der Waals surface area contributed by atoms with Crippen LogP contribution in [0.1, 0.15) is 17.0 Å². The van der Waals surface area contributed by atoms with Crippen molar-refractivity contribution in [3.05, 3.63) is 18.2 Å². The van der Waals surface area contributed by atoms with E-state index in [1.807, 2.05) is 11.9 Å². The van der Waals surface area contributed by atoms with Crippen LogP contribution in [-0.4, -0.2) is 40.0 Å². The standard InChI is InChI=1S/C10H16N4O/c1-13-5-3-12-9(13)10(15)14-4-2-8(6-11)7-14/h3,5,8H,2,4,6-7,11H2,1H3. The number of rotatable bonds is 2. The van der Waals surface area contributed by atoms with Gasteiger partial charge in [0.2, 0.25) is 0 Å². The highest BCUT2D eigenvalue weighted by atomic mass is 16.2. The first-order valence-electron chi connectivity index (χ1n) is 5.19. The molecule has 0 saturated carbocycles. The summed E-state index contributed by atoms with van der Waals surface area (Å²) in [6.45, 7) is 2.22. The fraction of sp³-hybridized carbons (Fsp3) is 0.600. The number of aromatic nitrogens is 2. The van der Waals surface area contributed by atoms with Crippen molar-refractivity contribution in [3.63, 3.8) is 0 Å². The molecule has 1 atom stereocenters. The first kappa shape index (κ1) is 10.2. The van der Waals surface area contributed by atoms with Crippen molar-refractivity contribution >= 4 is 5.91 Å². The maximum absolute atomic E-state index is 12.0. The highest BCUT2D eigenvalue weighted by Crippen LogP contribution is 2.16. The van der Waals surface area contributed by atoms with Gasteiger partial charge in [0, 0.05) is 32.5 Å². The molecule has 0 radical (unpaired) electrons. The molecule has 1 aromatic heterocycles. The molecule has 1 saturated heterocycles. The van der Waals surface area contributed by atoms with Crippen LogP contribution >= 0.6 is 0 Å². The van der Waals surface area contributed by atoms with Crippen molar-refractivity contribution in [2.24, 2.45) is 18.7 Å². The van der Waals surface area contributed by atoms with Crippen LogP contribution in [-0.2, 0) is 7.05 Å². The predicted octanol–water partition coefficient (Wildman–Crippen LogP) is -0.159. The molecule has 0 bridgehead atoms. The minimum atomic E-state index is 0.0125. The molecular formula is C10H16N4O. The van der Waals surface area contributed by atoms with Crippen LogP contribution in [0.2, 0.25) is 0 Å². The summed E-state index contributed by atoms with van der Waals surface area (Å²) in [6, 6.07) is 0. The maximum atomic E-state index is 12.0. The number of nitrogens with zero attached hydrogens (tertiary/aromatic N) is 3. The molecule has 82 valence electrons. The Morgan fingerprint density at radius 2 is 2.53 bits per heavy atom. The van der Waals surface area contributed by atoms with Gasteiger partial charge in [-0.25, -0.2) is 4.98 Å². The second kappa shape index (κ2) is 4.02. The monoisotopic (exact) mass is 208 g/mol. The Bertz CT molecular complexity index is 360. The molecule has 0 aliphatic carbocycles. The van der Waals surface area contributed by atoms with Crippen LogP contribution in [0.3, 0.4) is 0 Å². The van der Waals surface area contributed by atoms with Crippen molar-refractivity contribution in [2.75, 3.05) is 19.6 Å². The number of carbonyl (C=O) groups excluding carboxylic acids is 1. The van der Waals surface area contributed by atoms with E-state index in [0.717, 1.165) is 19.5 Å². The third kappa shape index (κ3) is 1.87. The summed E-state index contributed by atoms with van der Waals surface area (Å²) >= 11 is 0. The molecule has 2 heterocycles.